The number of nitrogens with zero attached hydrogens (tertiary/aromatic N) is 2. The minimum absolute atomic E-state index is 0.136. The molecule has 0 aliphatic heterocycles. The van der Waals surface area contributed by atoms with Crippen LogP contribution in [0.25, 0.3) is 21.2 Å². The van der Waals surface area contributed by atoms with E-state index in [0.29, 0.717) is 28.8 Å². The minimum Gasteiger partial charge on any atom is -0.494 e. The molecule has 0 bridgehead atoms. The van der Waals surface area contributed by atoms with E-state index in [9.17, 15) is 14.4 Å². The number of hydrogen-bond donors (Lipinski definition) is 0. The van der Waals surface area contributed by atoms with Crippen LogP contribution in [0.1, 0.15) is 17.3 Å². The van der Waals surface area contributed by atoms with E-state index in [1.807, 2.05) is 13.0 Å². The number of aromatic nitrogens is 1. The summed E-state index contributed by atoms with van der Waals surface area (Å²) in [6.07, 6.45) is 1.11. The summed E-state index contributed by atoms with van der Waals surface area (Å²) in [7, 11) is 1.28. The Bertz CT molecular complexity index is 1430. The van der Waals surface area contributed by atoms with Crippen LogP contribution in [-0.4, -0.2) is 30.2 Å². The molecule has 0 N–H and O–H groups in total. The Morgan fingerprint density at radius 1 is 1.19 bits per heavy atom. The van der Waals surface area contributed by atoms with Gasteiger partial charge in [-0.15, -0.1) is 0 Å². The van der Waals surface area contributed by atoms with Gasteiger partial charge in [0.15, 0.2) is 4.80 Å². The fourth-order valence-electron chi connectivity index (χ4n) is 3.11. The third-order valence-corrected chi connectivity index (χ3v) is 5.63. The molecule has 0 spiro atoms. The average Bonchev–Trinajstić information content (AvgIpc) is 3.10. The van der Waals surface area contributed by atoms with Gasteiger partial charge in [-0.2, -0.15) is 4.99 Å². The van der Waals surface area contributed by atoms with Crippen molar-refractivity contribution in [3.05, 3.63) is 69.3 Å². The van der Waals surface area contributed by atoms with Gasteiger partial charge in [-0.1, -0.05) is 23.5 Å². The van der Waals surface area contributed by atoms with Crippen LogP contribution < -0.4 is 15.0 Å². The van der Waals surface area contributed by atoms with Crippen LogP contribution in [-0.2, 0) is 16.1 Å². The number of amides is 1. The zero-order valence-corrected chi connectivity index (χ0v) is 17.6. The van der Waals surface area contributed by atoms with Crippen LogP contribution in [0.4, 0.5) is 0 Å². The maximum absolute atomic E-state index is 12.9. The molecule has 1 amide bonds. The van der Waals surface area contributed by atoms with Gasteiger partial charge in [-0.3, -0.25) is 14.4 Å². The molecular weight excluding hydrogens is 420 g/mol. The third-order valence-electron chi connectivity index (χ3n) is 4.59. The van der Waals surface area contributed by atoms with E-state index in [4.69, 9.17) is 13.9 Å². The Labute approximate surface area is 180 Å². The van der Waals surface area contributed by atoms with Crippen molar-refractivity contribution in [2.75, 3.05) is 13.7 Å². The van der Waals surface area contributed by atoms with E-state index in [2.05, 4.69) is 4.99 Å². The van der Waals surface area contributed by atoms with Gasteiger partial charge in [-0.25, -0.2) is 0 Å². The first-order chi connectivity index (χ1) is 15.0. The van der Waals surface area contributed by atoms with Gasteiger partial charge < -0.3 is 18.5 Å². The standard InChI is InChI=1S/C22H18N2O6S/c1-3-29-13-8-9-16-18(10-13)31-22(24(16)11-19(25)28-2)23-21(27)15-12-30-17-7-5-4-6-14(17)20(15)26/h4-10,12H,3,11H2,1-2H3. The van der Waals surface area contributed by atoms with E-state index in [1.165, 1.54) is 18.4 Å². The summed E-state index contributed by atoms with van der Waals surface area (Å²) in [6.45, 7) is 2.25. The number of ether oxygens (including phenoxy) is 2. The molecule has 2 aromatic carbocycles. The van der Waals surface area contributed by atoms with Gasteiger partial charge in [-0.05, 0) is 37.3 Å². The summed E-state index contributed by atoms with van der Waals surface area (Å²) in [5.74, 6) is -0.586. The Morgan fingerprint density at radius 2 is 2.00 bits per heavy atom. The maximum atomic E-state index is 12.9. The van der Waals surface area contributed by atoms with Crippen molar-refractivity contribution < 1.29 is 23.5 Å². The number of esters is 1. The van der Waals surface area contributed by atoms with Crippen molar-refractivity contribution >= 4 is 44.4 Å². The molecule has 0 fully saturated rings. The number of rotatable bonds is 5. The summed E-state index contributed by atoms with van der Waals surface area (Å²) in [6, 6.07) is 12.0. The quantitative estimate of drug-likeness (QED) is 0.444. The van der Waals surface area contributed by atoms with Gasteiger partial charge in [0.05, 0.1) is 29.3 Å². The maximum Gasteiger partial charge on any atom is 0.325 e. The molecule has 4 rings (SSSR count). The van der Waals surface area contributed by atoms with Crippen LogP contribution in [0.15, 0.2) is 62.9 Å². The highest BCUT2D eigenvalue weighted by Gasteiger charge is 2.16. The van der Waals surface area contributed by atoms with Crippen LogP contribution in [0.3, 0.4) is 0 Å². The van der Waals surface area contributed by atoms with Crippen molar-refractivity contribution in [1.82, 2.24) is 4.57 Å². The molecule has 158 valence electrons. The van der Waals surface area contributed by atoms with Gasteiger partial charge in [0.1, 0.15) is 29.7 Å². The normalized spacial score (nSPS) is 11.7. The number of fused-ring (bicyclic) bond motifs is 2. The Balaban J connectivity index is 1.86. The van der Waals surface area contributed by atoms with E-state index in [1.54, 1.807) is 41.0 Å². The summed E-state index contributed by atoms with van der Waals surface area (Å²) in [4.78, 5) is 41.9. The SMILES string of the molecule is CCOc1ccc2c(c1)sc(=NC(=O)c1coc3ccccc3c1=O)n2CC(=O)OC. The minimum atomic E-state index is -0.755. The van der Waals surface area contributed by atoms with E-state index >= 15 is 0 Å². The zero-order chi connectivity index (χ0) is 22.0. The van der Waals surface area contributed by atoms with Gasteiger partial charge in [0.25, 0.3) is 5.91 Å². The molecule has 0 unspecified atom stereocenters. The highest BCUT2D eigenvalue weighted by molar-refractivity contribution is 7.16. The van der Waals surface area contributed by atoms with Crippen LogP contribution in [0.5, 0.6) is 5.75 Å². The molecule has 0 saturated heterocycles. The zero-order valence-electron chi connectivity index (χ0n) is 16.8. The van der Waals surface area contributed by atoms with Crippen molar-refractivity contribution in [2.45, 2.75) is 13.5 Å². The van der Waals surface area contributed by atoms with Gasteiger partial charge in [0, 0.05) is 0 Å². The number of benzene rings is 2. The second kappa shape index (κ2) is 8.57. The molecule has 2 aromatic heterocycles. The number of hydrogen-bond acceptors (Lipinski definition) is 7. The lowest BCUT2D eigenvalue weighted by Crippen LogP contribution is -2.23. The first kappa shape index (κ1) is 20.5. The molecule has 8 nitrogen and oxygen atoms in total. The van der Waals surface area contributed by atoms with Crippen molar-refractivity contribution in [3.8, 4) is 5.75 Å². The molecule has 0 atom stereocenters. The molecular formula is C22H18N2O6S. The summed E-state index contributed by atoms with van der Waals surface area (Å²) < 4.78 is 18.1. The first-order valence-electron chi connectivity index (χ1n) is 9.44. The van der Waals surface area contributed by atoms with Crippen LogP contribution in [0.2, 0.25) is 0 Å². The van der Waals surface area contributed by atoms with Crippen molar-refractivity contribution in [1.29, 1.82) is 0 Å². The smallest absolute Gasteiger partial charge is 0.325 e. The topological polar surface area (TPSA) is 100 Å². The number of thiazole rings is 1. The highest BCUT2D eigenvalue weighted by Crippen LogP contribution is 2.23. The average molecular weight is 438 g/mol. The number of para-hydroxylation sites is 1. The van der Waals surface area contributed by atoms with E-state index < -0.39 is 17.3 Å². The number of methoxy groups -OCH3 is 1. The van der Waals surface area contributed by atoms with E-state index in [-0.39, 0.29) is 16.9 Å². The molecule has 2 heterocycles. The molecule has 0 radical (unpaired) electrons. The monoisotopic (exact) mass is 438 g/mol. The van der Waals surface area contributed by atoms with Gasteiger partial charge >= 0.3 is 5.97 Å². The predicted molar refractivity (Wildman–Crippen MR) is 115 cm³/mol. The van der Waals surface area contributed by atoms with Crippen molar-refractivity contribution in [3.63, 3.8) is 0 Å². The molecule has 0 saturated carbocycles. The van der Waals surface area contributed by atoms with Crippen molar-refractivity contribution in [2.24, 2.45) is 4.99 Å². The predicted octanol–water partition coefficient (Wildman–Crippen LogP) is 3.12. The number of carbonyl (C=O) groups excluding carboxylic acids is 2. The third kappa shape index (κ3) is 3.99. The second-order valence-corrected chi connectivity index (χ2v) is 7.51. The second-order valence-electron chi connectivity index (χ2n) is 6.50. The summed E-state index contributed by atoms with van der Waals surface area (Å²) in [5, 5.41) is 0.295. The molecule has 0 aliphatic rings. The lowest BCUT2D eigenvalue weighted by Gasteiger charge is -2.05. The Hall–Kier alpha value is -3.72. The van der Waals surface area contributed by atoms with Crippen LogP contribution >= 0.6 is 11.3 Å². The Morgan fingerprint density at radius 3 is 2.77 bits per heavy atom. The van der Waals surface area contributed by atoms with Crippen LogP contribution in [0, 0.1) is 0 Å². The molecule has 9 heteroatoms. The van der Waals surface area contributed by atoms with E-state index in [0.717, 1.165) is 11.0 Å². The lowest BCUT2D eigenvalue weighted by atomic mass is 10.2. The fraction of sp³-hybridized carbons (Fsp3) is 0.182. The fourth-order valence-corrected chi connectivity index (χ4v) is 4.17. The summed E-state index contributed by atoms with van der Waals surface area (Å²) in [5.41, 5.74) is 0.428. The van der Waals surface area contributed by atoms with Gasteiger partial charge in [0.2, 0.25) is 5.43 Å². The first-order valence-corrected chi connectivity index (χ1v) is 10.3. The molecule has 31 heavy (non-hydrogen) atoms. The molecule has 4 aromatic rings. The lowest BCUT2D eigenvalue weighted by molar-refractivity contribution is -0.141. The largest absolute Gasteiger partial charge is 0.494 e. The Kier molecular flexibility index (Phi) is 5.68. The highest BCUT2D eigenvalue weighted by atomic mass is 32.1. The number of carbonyl (C=O) groups is 2. The molecule has 0 aliphatic carbocycles. The summed E-state index contributed by atoms with van der Waals surface area (Å²) >= 11 is 1.20.